The van der Waals surface area contributed by atoms with Crippen LogP contribution in [0, 0.1) is 0 Å². The van der Waals surface area contributed by atoms with Crippen molar-refractivity contribution in [3.05, 3.63) is 41.2 Å². The number of rotatable bonds is 19. The van der Waals surface area contributed by atoms with Crippen molar-refractivity contribution in [2.24, 2.45) is 0 Å². The van der Waals surface area contributed by atoms with Gasteiger partial charge in [-0.2, -0.15) is 0 Å². The lowest BCUT2D eigenvalue weighted by Crippen LogP contribution is -2.57. The Balaban J connectivity index is 2.03. The average molecular weight is 567 g/mol. The van der Waals surface area contributed by atoms with Gasteiger partial charge in [-0.3, -0.25) is 0 Å². The highest BCUT2D eigenvalue weighted by Crippen LogP contribution is 2.39. The Hall–Kier alpha value is -1.55. The molecule has 2 aliphatic rings. The molecule has 8 heteroatoms. The van der Waals surface area contributed by atoms with Gasteiger partial charge in [-0.1, -0.05) is 77.6 Å². The van der Waals surface area contributed by atoms with E-state index in [1.807, 2.05) is 12.1 Å². The lowest BCUT2D eigenvalue weighted by Gasteiger charge is -2.43. The fourth-order valence-electron chi connectivity index (χ4n) is 4.79. The minimum absolute atomic E-state index is 0.127. The summed E-state index contributed by atoms with van der Waals surface area (Å²) in [4.78, 5) is 0. The van der Waals surface area contributed by atoms with E-state index >= 15 is 4.39 Å². The van der Waals surface area contributed by atoms with E-state index in [-0.39, 0.29) is 12.4 Å². The minimum Gasteiger partial charge on any atom is -0.484 e. The fourth-order valence-corrected chi connectivity index (χ4v) is 4.79. The maximum absolute atomic E-state index is 16.7. The van der Waals surface area contributed by atoms with Crippen LogP contribution in [0.15, 0.2) is 30.0 Å². The summed E-state index contributed by atoms with van der Waals surface area (Å²) in [5, 5.41) is 0. The molecule has 40 heavy (non-hydrogen) atoms. The first-order chi connectivity index (χ1) is 19.7. The summed E-state index contributed by atoms with van der Waals surface area (Å²) in [7, 11) is 0. The number of benzene rings is 1. The van der Waals surface area contributed by atoms with Crippen molar-refractivity contribution in [2.45, 2.75) is 110 Å². The lowest BCUT2D eigenvalue weighted by molar-refractivity contribution is -0.215. The Morgan fingerprint density at radius 1 is 0.775 bits per heavy atom. The van der Waals surface area contributed by atoms with Crippen molar-refractivity contribution < 1.29 is 37.5 Å². The molecule has 3 rings (SSSR count). The molecule has 1 aromatic rings. The van der Waals surface area contributed by atoms with Gasteiger partial charge >= 0.3 is 0 Å². The highest BCUT2D eigenvalue weighted by Gasteiger charge is 2.48. The molecule has 2 saturated heterocycles. The van der Waals surface area contributed by atoms with Crippen LogP contribution >= 0.6 is 0 Å². The SMILES string of the molecule is CCCCOC[C@H]1OC(=C(F)c2ccccc2C2OCCO2)[C@H](OCCCC)[C@@H](OCCCC)[C@@H]1OCCCC. The summed E-state index contributed by atoms with van der Waals surface area (Å²) in [6.45, 7) is 11.9. The van der Waals surface area contributed by atoms with Gasteiger partial charge in [0.2, 0.25) is 0 Å². The fraction of sp³-hybridized carbons (Fsp3) is 0.750. The third-order valence-corrected chi connectivity index (χ3v) is 7.15. The second-order valence-electron chi connectivity index (χ2n) is 10.4. The van der Waals surface area contributed by atoms with Crippen LogP contribution in [0.25, 0.3) is 5.83 Å². The first kappa shape index (κ1) is 33.0. The molecule has 0 bridgehead atoms. The standard InChI is InChI=1S/C32H51FO7/c1-5-9-17-34-23-26-28(35-18-10-6-2)30(36-19-11-7-3)31(37-20-12-8-4)29(40-26)27(33)24-15-13-14-16-25(24)32-38-21-22-39-32/h13-16,26,28,30-32H,5-12,17-23H2,1-4H3/t26-,28-,30+,31+/m1/s1. The third kappa shape index (κ3) is 9.50. The molecular weight excluding hydrogens is 515 g/mol. The number of hydrogen-bond donors (Lipinski definition) is 0. The zero-order valence-corrected chi connectivity index (χ0v) is 25.0. The van der Waals surface area contributed by atoms with Crippen LogP contribution in [-0.4, -0.2) is 70.7 Å². The Morgan fingerprint density at radius 3 is 2.00 bits per heavy atom. The van der Waals surface area contributed by atoms with E-state index in [9.17, 15) is 0 Å². The summed E-state index contributed by atoms with van der Waals surface area (Å²) >= 11 is 0. The summed E-state index contributed by atoms with van der Waals surface area (Å²) in [5.41, 5.74) is 0.998. The molecule has 2 fully saturated rings. The summed E-state index contributed by atoms with van der Waals surface area (Å²) in [5.74, 6) is -0.367. The number of ether oxygens (including phenoxy) is 7. The second-order valence-corrected chi connectivity index (χ2v) is 10.4. The van der Waals surface area contributed by atoms with Crippen LogP contribution in [-0.2, 0) is 33.2 Å². The monoisotopic (exact) mass is 566 g/mol. The maximum atomic E-state index is 16.7. The molecule has 0 amide bonds. The first-order valence-corrected chi connectivity index (χ1v) is 15.5. The van der Waals surface area contributed by atoms with Crippen LogP contribution in [0.5, 0.6) is 0 Å². The Labute approximate surface area is 240 Å². The third-order valence-electron chi connectivity index (χ3n) is 7.15. The highest BCUT2D eigenvalue weighted by atomic mass is 19.1. The van der Waals surface area contributed by atoms with E-state index in [0.29, 0.717) is 50.8 Å². The summed E-state index contributed by atoms with van der Waals surface area (Å²) in [6, 6.07) is 7.23. The van der Waals surface area contributed by atoms with E-state index in [1.165, 1.54) is 0 Å². The average Bonchev–Trinajstić information content (AvgIpc) is 3.52. The molecule has 0 spiro atoms. The van der Waals surface area contributed by atoms with Gasteiger partial charge in [0, 0.05) is 37.6 Å². The van der Waals surface area contributed by atoms with Gasteiger partial charge in [-0.15, -0.1) is 0 Å². The van der Waals surface area contributed by atoms with E-state index in [0.717, 1.165) is 51.4 Å². The molecule has 1 aromatic carbocycles. The highest BCUT2D eigenvalue weighted by molar-refractivity contribution is 5.65. The van der Waals surface area contributed by atoms with Gasteiger partial charge in [0.15, 0.2) is 24.0 Å². The zero-order valence-electron chi connectivity index (χ0n) is 25.0. The Bertz CT molecular complexity index is 857. The normalized spacial score (nSPS) is 24.8. The molecule has 0 unspecified atom stereocenters. The zero-order chi connectivity index (χ0) is 28.6. The van der Waals surface area contributed by atoms with Crippen LogP contribution in [0.3, 0.4) is 0 Å². The molecule has 0 radical (unpaired) electrons. The second kappa shape index (κ2) is 18.8. The summed E-state index contributed by atoms with van der Waals surface area (Å²) < 4.78 is 60.0. The van der Waals surface area contributed by atoms with E-state index in [1.54, 1.807) is 12.1 Å². The Morgan fingerprint density at radius 2 is 1.35 bits per heavy atom. The van der Waals surface area contributed by atoms with Gasteiger partial charge in [0.25, 0.3) is 0 Å². The molecule has 0 aromatic heterocycles. The topological polar surface area (TPSA) is 64.6 Å². The van der Waals surface area contributed by atoms with Gasteiger partial charge in [-0.25, -0.2) is 4.39 Å². The van der Waals surface area contributed by atoms with Crippen molar-refractivity contribution in [1.29, 1.82) is 0 Å². The molecule has 0 saturated carbocycles. The molecule has 2 aliphatic heterocycles. The van der Waals surface area contributed by atoms with Crippen molar-refractivity contribution in [1.82, 2.24) is 0 Å². The van der Waals surface area contributed by atoms with Crippen LogP contribution in [0.4, 0.5) is 4.39 Å². The van der Waals surface area contributed by atoms with Gasteiger partial charge in [-0.05, 0) is 25.7 Å². The molecule has 7 nitrogen and oxygen atoms in total. The number of unbranched alkanes of at least 4 members (excludes halogenated alkanes) is 4. The lowest BCUT2D eigenvalue weighted by atomic mass is 9.94. The first-order valence-electron chi connectivity index (χ1n) is 15.5. The number of halogens is 1. The van der Waals surface area contributed by atoms with E-state index in [2.05, 4.69) is 27.7 Å². The van der Waals surface area contributed by atoms with Gasteiger partial charge < -0.3 is 33.2 Å². The molecule has 2 heterocycles. The largest absolute Gasteiger partial charge is 0.484 e. The Kier molecular flexibility index (Phi) is 15.5. The van der Waals surface area contributed by atoms with Crippen LogP contribution < -0.4 is 0 Å². The molecule has 4 atom stereocenters. The molecular formula is C32H51FO7. The minimum atomic E-state index is -0.764. The number of hydrogen-bond acceptors (Lipinski definition) is 7. The summed E-state index contributed by atoms with van der Waals surface area (Å²) in [6.07, 6.45) is 4.64. The quantitative estimate of drug-likeness (QED) is 0.165. The predicted molar refractivity (Wildman–Crippen MR) is 154 cm³/mol. The van der Waals surface area contributed by atoms with Crippen molar-refractivity contribution in [2.75, 3.05) is 46.2 Å². The maximum Gasteiger partial charge on any atom is 0.184 e. The van der Waals surface area contributed by atoms with Crippen LogP contribution in [0.2, 0.25) is 0 Å². The molecule has 0 N–H and O–H groups in total. The molecule has 228 valence electrons. The van der Waals surface area contributed by atoms with Gasteiger partial charge in [0.1, 0.15) is 18.3 Å². The van der Waals surface area contributed by atoms with Gasteiger partial charge in [0.05, 0.1) is 19.8 Å². The van der Waals surface area contributed by atoms with E-state index < -0.39 is 36.5 Å². The smallest absolute Gasteiger partial charge is 0.184 e. The molecule has 0 aliphatic carbocycles. The van der Waals surface area contributed by atoms with E-state index in [4.69, 9.17) is 33.2 Å². The van der Waals surface area contributed by atoms with Crippen LogP contribution in [0.1, 0.15) is 96.5 Å². The predicted octanol–water partition coefficient (Wildman–Crippen LogP) is 7.14. The van der Waals surface area contributed by atoms with Crippen molar-refractivity contribution >= 4 is 5.83 Å². The van der Waals surface area contributed by atoms with Crippen molar-refractivity contribution in [3.63, 3.8) is 0 Å². The van der Waals surface area contributed by atoms with Crippen molar-refractivity contribution in [3.8, 4) is 0 Å².